The Labute approximate surface area is 99.6 Å². The zero-order valence-corrected chi connectivity index (χ0v) is 9.90. The maximum Gasteiger partial charge on any atom is 0.302 e. The van der Waals surface area contributed by atoms with Gasteiger partial charge < -0.3 is 19.7 Å². The zero-order chi connectivity index (χ0) is 12.8. The number of hydrogen-bond donors (Lipinski definition) is 2. The number of benzene rings is 1. The highest BCUT2D eigenvalue weighted by atomic mass is 16.5. The number of methoxy groups -OCH3 is 1. The predicted molar refractivity (Wildman–Crippen MR) is 61.3 cm³/mol. The molecule has 0 amide bonds. The number of carbonyl (C=O) groups excluding carboxylic acids is 1. The second-order valence-electron chi connectivity index (χ2n) is 3.61. The topological polar surface area (TPSA) is 76.0 Å². The van der Waals surface area contributed by atoms with Crippen LogP contribution >= 0.6 is 0 Å². The average Bonchev–Trinajstić information content (AvgIpc) is 2.28. The number of carbonyl (C=O) groups is 1. The molecule has 0 saturated carbocycles. The Kier molecular flexibility index (Phi) is 4.63. The maximum absolute atomic E-state index is 10.5. The molecule has 5 heteroatoms. The van der Waals surface area contributed by atoms with Crippen LogP contribution < -0.4 is 4.74 Å². The average molecular weight is 240 g/mol. The van der Waals surface area contributed by atoms with E-state index >= 15 is 0 Å². The molecule has 0 saturated heterocycles. The van der Waals surface area contributed by atoms with Gasteiger partial charge in [-0.25, -0.2) is 0 Å². The molecule has 0 radical (unpaired) electrons. The van der Waals surface area contributed by atoms with E-state index in [1.165, 1.54) is 20.1 Å². The molecule has 5 nitrogen and oxygen atoms in total. The second kappa shape index (κ2) is 5.98. The zero-order valence-electron chi connectivity index (χ0n) is 9.90. The number of rotatable bonds is 5. The smallest absolute Gasteiger partial charge is 0.302 e. The largest absolute Gasteiger partial charge is 0.504 e. The Bertz CT molecular complexity index is 400. The van der Waals surface area contributed by atoms with E-state index in [0.717, 1.165) is 5.56 Å². The summed E-state index contributed by atoms with van der Waals surface area (Å²) in [6.45, 7) is 1.69. The molecule has 1 aromatic rings. The SMILES string of the molecule is COc1cc(CCCOC(C)=O)cc(O)c1O. The lowest BCUT2D eigenvalue weighted by Gasteiger charge is -2.08. The molecule has 0 unspecified atom stereocenters. The first-order valence-electron chi connectivity index (χ1n) is 5.26. The molecule has 94 valence electrons. The van der Waals surface area contributed by atoms with Crippen molar-refractivity contribution in [1.29, 1.82) is 0 Å². The van der Waals surface area contributed by atoms with Gasteiger partial charge in [0.15, 0.2) is 11.5 Å². The third kappa shape index (κ3) is 3.86. The number of ether oxygens (including phenoxy) is 2. The number of phenolic OH excluding ortho intramolecular Hbond substituents is 2. The molecule has 0 bridgehead atoms. The molecule has 0 aromatic heterocycles. The van der Waals surface area contributed by atoms with Crippen molar-refractivity contribution in [2.45, 2.75) is 19.8 Å². The van der Waals surface area contributed by atoms with Gasteiger partial charge in [-0.15, -0.1) is 0 Å². The Morgan fingerprint density at radius 3 is 2.65 bits per heavy atom. The Balaban J connectivity index is 2.59. The van der Waals surface area contributed by atoms with Crippen molar-refractivity contribution in [3.63, 3.8) is 0 Å². The third-order valence-electron chi connectivity index (χ3n) is 2.25. The van der Waals surface area contributed by atoms with Gasteiger partial charge in [0.1, 0.15) is 0 Å². The third-order valence-corrected chi connectivity index (χ3v) is 2.25. The van der Waals surface area contributed by atoms with E-state index in [9.17, 15) is 15.0 Å². The number of hydrogen-bond acceptors (Lipinski definition) is 5. The van der Waals surface area contributed by atoms with Crippen LogP contribution in [-0.2, 0) is 16.0 Å². The van der Waals surface area contributed by atoms with E-state index in [1.807, 2.05) is 0 Å². The van der Waals surface area contributed by atoms with E-state index in [1.54, 1.807) is 6.07 Å². The lowest BCUT2D eigenvalue weighted by atomic mass is 10.1. The summed E-state index contributed by atoms with van der Waals surface area (Å²) >= 11 is 0. The van der Waals surface area contributed by atoms with Crippen molar-refractivity contribution in [3.05, 3.63) is 17.7 Å². The molecule has 0 spiro atoms. The van der Waals surface area contributed by atoms with Crippen molar-refractivity contribution >= 4 is 5.97 Å². The minimum absolute atomic E-state index is 0.216. The summed E-state index contributed by atoms with van der Waals surface area (Å²) in [5, 5.41) is 18.9. The van der Waals surface area contributed by atoms with Crippen LogP contribution in [-0.4, -0.2) is 29.9 Å². The number of esters is 1. The van der Waals surface area contributed by atoms with Crippen LogP contribution in [0.15, 0.2) is 12.1 Å². The highest BCUT2D eigenvalue weighted by Gasteiger charge is 2.09. The summed E-state index contributed by atoms with van der Waals surface area (Å²) in [6, 6.07) is 3.11. The van der Waals surface area contributed by atoms with Crippen LogP contribution in [0.1, 0.15) is 18.9 Å². The Morgan fingerprint density at radius 2 is 2.06 bits per heavy atom. The van der Waals surface area contributed by atoms with Crippen LogP contribution in [0.3, 0.4) is 0 Å². The number of phenols is 2. The first kappa shape index (κ1) is 13.2. The summed E-state index contributed by atoms with van der Waals surface area (Å²) in [5.74, 6) is -0.563. The van der Waals surface area contributed by atoms with E-state index in [0.29, 0.717) is 19.4 Å². The van der Waals surface area contributed by atoms with Gasteiger partial charge >= 0.3 is 5.97 Å². The van der Waals surface area contributed by atoms with Gasteiger partial charge in [-0.1, -0.05) is 0 Å². The van der Waals surface area contributed by atoms with Crippen molar-refractivity contribution in [1.82, 2.24) is 0 Å². The van der Waals surface area contributed by atoms with Gasteiger partial charge in [0.25, 0.3) is 0 Å². The predicted octanol–water partition coefficient (Wildman–Crippen LogP) is 1.60. The molecule has 0 aliphatic carbocycles. The van der Waals surface area contributed by atoms with Gasteiger partial charge in [-0.05, 0) is 30.5 Å². The highest BCUT2D eigenvalue weighted by Crippen LogP contribution is 2.36. The maximum atomic E-state index is 10.5. The van der Waals surface area contributed by atoms with Gasteiger partial charge in [-0.2, -0.15) is 0 Å². The Hall–Kier alpha value is -1.91. The molecule has 17 heavy (non-hydrogen) atoms. The summed E-state index contributed by atoms with van der Waals surface area (Å²) < 4.78 is 9.71. The van der Waals surface area contributed by atoms with E-state index < -0.39 is 0 Å². The van der Waals surface area contributed by atoms with E-state index in [2.05, 4.69) is 0 Å². The summed E-state index contributed by atoms with van der Waals surface area (Å²) in [4.78, 5) is 10.5. The molecule has 0 fully saturated rings. The molecular formula is C12H16O5. The Morgan fingerprint density at radius 1 is 1.35 bits per heavy atom. The molecule has 0 atom stereocenters. The molecule has 2 N–H and O–H groups in total. The summed E-state index contributed by atoms with van der Waals surface area (Å²) in [7, 11) is 1.41. The molecule has 0 heterocycles. The van der Waals surface area contributed by atoms with E-state index in [4.69, 9.17) is 9.47 Å². The first-order chi connectivity index (χ1) is 8.04. The van der Waals surface area contributed by atoms with Crippen LogP contribution in [0.5, 0.6) is 17.2 Å². The highest BCUT2D eigenvalue weighted by molar-refractivity contribution is 5.65. The fraction of sp³-hybridized carbons (Fsp3) is 0.417. The second-order valence-corrected chi connectivity index (χ2v) is 3.61. The van der Waals surface area contributed by atoms with Gasteiger partial charge in [-0.3, -0.25) is 4.79 Å². The van der Waals surface area contributed by atoms with Crippen molar-refractivity contribution in [2.75, 3.05) is 13.7 Å². The number of aromatic hydroxyl groups is 2. The van der Waals surface area contributed by atoms with Crippen molar-refractivity contribution in [2.24, 2.45) is 0 Å². The normalized spacial score (nSPS) is 10.0. The first-order valence-corrected chi connectivity index (χ1v) is 5.26. The molecular weight excluding hydrogens is 224 g/mol. The van der Waals surface area contributed by atoms with Crippen LogP contribution in [0.2, 0.25) is 0 Å². The molecule has 0 aliphatic heterocycles. The van der Waals surface area contributed by atoms with Crippen molar-refractivity contribution < 1.29 is 24.5 Å². The standard InChI is InChI=1S/C12H16O5/c1-8(13)17-5-3-4-9-6-10(14)12(15)11(7-9)16-2/h6-7,14-15H,3-5H2,1-2H3. The summed E-state index contributed by atoms with van der Waals surface area (Å²) in [5.41, 5.74) is 0.810. The van der Waals surface area contributed by atoms with Gasteiger partial charge in [0.05, 0.1) is 13.7 Å². The lowest BCUT2D eigenvalue weighted by molar-refractivity contribution is -0.141. The monoisotopic (exact) mass is 240 g/mol. The fourth-order valence-corrected chi connectivity index (χ4v) is 1.44. The lowest BCUT2D eigenvalue weighted by Crippen LogP contribution is -2.01. The quantitative estimate of drug-likeness (QED) is 0.464. The molecule has 1 aromatic carbocycles. The molecule has 1 rings (SSSR count). The van der Waals surface area contributed by atoms with Crippen molar-refractivity contribution in [3.8, 4) is 17.2 Å². The van der Waals surface area contributed by atoms with Crippen LogP contribution in [0, 0.1) is 0 Å². The van der Waals surface area contributed by atoms with Crippen LogP contribution in [0.4, 0.5) is 0 Å². The number of aryl methyl sites for hydroxylation is 1. The van der Waals surface area contributed by atoms with E-state index in [-0.39, 0.29) is 23.2 Å². The fourth-order valence-electron chi connectivity index (χ4n) is 1.44. The molecule has 0 aliphatic rings. The van der Waals surface area contributed by atoms with Crippen LogP contribution in [0.25, 0.3) is 0 Å². The van der Waals surface area contributed by atoms with Gasteiger partial charge in [0.2, 0.25) is 5.75 Å². The minimum Gasteiger partial charge on any atom is -0.504 e. The minimum atomic E-state index is -0.309. The summed E-state index contributed by atoms with van der Waals surface area (Å²) in [6.07, 6.45) is 1.27. The van der Waals surface area contributed by atoms with Gasteiger partial charge in [0, 0.05) is 6.92 Å².